The molecule has 1 saturated carbocycles. The van der Waals surface area contributed by atoms with E-state index in [1.54, 1.807) is 0 Å². The summed E-state index contributed by atoms with van der Waals surface area (Å²) in [6.07, 6.45) is 2.15. The van der Waals surface area contributed by atoms with Crippen LogP contribution < -0.4 is 5.32 Å². The topological polar surface area (TPSA) is 50.8 Å². The Bertz CT molecular complexity index is 435. The first kappa shape index (κ1) is 17.2. The van der Waals surface area contributed by atoms with Crippen LogP contribution in [0, 0.1) is 16.7 Å². The van der Waals surface area contributed by atoms with Crippen LogP contribution in [0.2, 0.25) is 0 Å². The summed E-state index contributed by atoms with van der Waals surface area (Å²) in [6, 6.07) is 0. The summed E-state index contributed by atoms with van der Waals surface area (Å²) in [5.41, 5.74) is 0.124. The SMILES string of the molecule is CC1(C)C(C(=O)NCC2(N3CCOCC3)CCCOC2)C1(C)C. The fourth-order valence-electron chi connectivity index (χ4n) is 4.58. The van der Waals surface area contributed by atoms with Crippen LogP contribution in [0.4, 0.5) is 0 Å². The molecule has 5 heteroatoms. The maximum Gasteiger partial charge on any atom is 0.224 e. The average molecular weight is 324 g/mol. The number of ether oxygens (including phenoxy) is 2. The number of carbonyl (C=O) groups is 1. The molecule has 0 aromatic heterocycles. The van der Waals surface area contributed by atoms with Crippen LogP contribution in [0.1, 0.15) is 40.5 Å². The second kappa shape index (κ2) is 6.01. The molecule has 3 aliphatic rings. The summed E-state index contributed by atoms with van der Waals surface area (Å²) in [6.45, 7) is 14.4. The van der Waals surface area contributed by atoms with Gasteiger partial charge in [0.2, 0.25) is 5.91 Å². The van der Waals surface area contributed by atoms with Crippen molar-refractivity contribution >= 4 is 5.91 Å². The first-order valence-electron chi connectivity index (χ1n) is 9.00. The van der Waals surface area contributed by atoms with E-state index in [0.29, 0.717) is 13.2 Å². The summed E-state index contributed by atoms with van der Waals surface area (Å²) < 4.78 is 11.3. The molecule has 0 bridgehead atoms. The number of rotatable bonds is 4. The molecule has 2 aliphatic heterocycles. The minimum atomic E-state index is -0.0547. The van der Waals surface area contributed by atoms with Gasteiger partial charge in [-0.2, -0.15) is 0 Å². The van der Waals surface area contributed by atoms with Crippen molar-refractivity contribution < 1.29 is 14.3 Å². The number of hydrogen-bond acceptors (Lipinski definition) is 4. The van der Waals surface area contributed by atoms with Crippen molar-refractivity contribution in [1.82, 2.24) is 10.2 Å². The standard InChI is InChI=1S/C18H32N2O3/c1-16(2)14(17(16,3)4)15(21)19-12-18(6-5-9-23-13-18)20-7-10-22-11-8-20/h14H,5-13H2,1-4H3,(H,19,21). The van der Waals surface area contributed by atoms with Gasteiger partial charge in [0, 0.05) is 32.2 Å². The summed E-state index contributed by atoms with van der Waals surface area (Å²) in [7, 11) is 0. The third-order valence-corrected chi connectivity index (χ3v) is 6.86. The predicted molar refractivity (Wildman–Crippen MR) is 89.2 cm³/mol. The lowest BCUT2D eigenvalue weighted by molar-refractivity contribution is -0.126. The van der Waals surface area contributed by atoms with Crippen LogP contribution in [0.25, 0.3) is 0 Å². The Kier molecular flexibility index (Phi) is 4.49. The Hall–Kier alpha value is -0.650. The highest BCUT2D eigenvalue weighted by molar-refractivity contribution is 5.84. The molecule has 0 radical (unpaired) electrons. The Morgan fingerprint density at radius 3 is 2.26 bits per heavy atom. The molecule has 1 atom stereocenters. The molecule has 2 saturated heterocycles. The van der Waals surface area contributed by atoms with E-state index in [1.165, 1.54) is 0 Å². The van der Waals surface area contributed by atoms with Crippen molar-refractivity contribution in [1.29, 1.82) is 0 Å². The van der Waals surface area contributed by atoms with E-state index < -0.39 is 0 Å². The zero-order valence-electron chi connectivity index (χ0n) is 15.1. The summed E-state index contributed by atoms with van der Waals surface area (Å²) in [5, 5.41) is 3.26. The van der Waals surface area contributed by atoms with E-state index >= 15 is 0 Å². The van der Waals surface area contributed by atoms with Gasteiger partial charge in [-0.15, -0.1) is 0 Å². The Morgan fingerprint density at radius 1 is 1.09 bits per heavy atom. The zero-order chi connectivity index (χ0) is 16.7. The summed E-state index contributed by atoms with van der Waals surface area (Å²) in [5.74, 6) is 0.319. The maximum atomic E-state index is 12.7. The molecule has 1 amide bonds. The molecule has 1 aliphatic carbocycles. The first-order chi connectivity index (χ1) is 10.8. The second-order valence-corrected chi connectivity index (χ2v) is 8.57. The van der Waals surface area contributed by atoms with Gasteiger partial charge in [0.15, 0.2) is 0 Å². The molecule has 132 valence electrons. The molecule has 0 spiro atoms. The van der Waals surface area contributed by atoms with Gasteiger partial charge in [-0.3, -0.25) is 9.69 Å². The highest BCUT2D eigenvalue weighted by Crippen LogP contribution is 2.68. The van der Waals surface area contributed by atoms with Crippen LogP contribution >= 0.6 is 0 Å². The van der Waals surface area contributed by atoms with E-state index in [1.807, 2.05) is 0 Å². The van der Waals surface area contributed by atoms with Crippen LogP contribution in [-0.2, 0) is 14.3 Å². The minimum absolute atomic E-state index is 0.0547. The van der Waals surface area contributed by atoms with E-state index in [4.69, 9.17) is 9.47 Å². The number of nitrogens with zero attached hydrogens (tertiary/aromatic N) is 1. The number of amides is 1. The first-order valence-corrected chi connectivity index (χ1v) is 9.00. The minimum Gasteiger partial charge on any atom is -0.379 e. The number of hydrogen-bond donors (Lipinski definition) is 1. The Balaban J connectivity index is 1.64. The van der Waals surface area contributed by atoms with Crippen LogP contribution in [-0.4, -0.2) is 62.4 Å². The molecule has 1 unspecified atom stereocenters. The molecule has 3 rings (SSSR count). The zero-order valence-corrected chi connectivity index (χ0v) is 15.1. The smallest absolute Gasteiger partial charge is 0.224 e. The van der Waals surface area contributed by atoms with Gasteiger partial charge in [0.25, 0.3) is 0 Å². The van der Waals surface area contributed by atoms with Gasteiger partial charge in [0.05, 0.1) is 25.4 Å². The van der Waals surface area contributed by atoms with Gasteiger partial charge >= 0.3 is 0 Å². The summed E-state index contributed by atoms with van der Waals surface area (Å²) >= 11 is 0. The molecule has 23 heavy (non-hydrogen) atoms. The highest BCUT2D eigenvalue weighted by Gasteiger charge is 2.68. The normalized spacial score (nSPS) is 34.1. The third kappa shape index (κ3) is 2.92. The van der Waals surface area contributed by atoms with E-state index in [-0.39, 0.29) is 28.2 Å². The average Bonchev–Trinajstić information content (AvgIpc) is 2.96. The lowest BCUT2D eigenvalue weighted by atomic mass is 9.89. The molecule has 1 N–H and O–H groups in total. The molecule has 0 aromatic carbocycles. The van der Waals surface area contributed by atoms with Gasteiger partial charge in [-0.25, -0.2) is 0 Å². The van der Waals surface area contributed by atoms with Gasteiger partial charge in [-0.1, -0.05) is 27.7 Å². The quantitative estimate of drug-likeness (QED) is 0.855. The molecule has 2 heterocycles. The van der Waals surface area contributed by atoms with E-state index in [2.05, 4.69) is 37.9 Å². The lowest BCUT2D eigenvalue weighted by Gasteiger charge is -2.47. The second-order valence-electron chi connectivity index (χ2n) is 8.57. The molecule has 0 aromatic rings. The van der Waals surface area contributed by atoms with Crippen molar-refractivity contribution in [2.75, 3.05) is 46.1 Å². The van der Waals surface area contributed by atoms with Crippen molar-refractivity contribution in [2.45, 2.75) is 46.1 Å². The highest BCUT2D eigenvalue weighted by atomic mass is 16.5. The monoisotopic (exact) mass is 324 g/mol. The van der Waals surface area contributed by atoms with Gasteiger partial charge in [0.1, 0.15) is 0 Å². The molecular weight excluding hydrogens is 292 g/mol. The lowest BCUT2D eigenvalue weighted by Crippen LogP contribution is -2.62. The number of carbonyl (C=O) groups excluding carboxylic acids is 1. The fraction of sp³-hybridized carbons (Fsp3) is 0.944. The molecule has 3 fully saturated rings. The fourth-order valence-corrected chi connectivity index (χ4v) is 4.58. The van der Waals surface area contributed by atoms with E-state index in [9.17, 15) is 4.79 Å². The maximum absolute atomic E-state index is 12.7. The summed E-state index contributed by atoms with van der Waals surface area (Å²) in [4.78, 5) is 15.2. The van der Waals surface area contributed by atoms with Crippen LogP contribution in [0.3, 0.4) is 0 Å². The van der Waals surface area contributed by atoms with Gasteiger partial charge < -0.3 is 14.8 Å². The number of morpholine rings is 1. The van der Waals surface area contributed by atoms with Crippen LogP contribution in [0.15, 0.2) is 0 Å². The van der Waals surface area contributed by atoms with Gasteiger partial charge in [-0.05, 0) is 23.7 Å². The number of nitrogens with one attached hydrogen (secondary N) is 1. The van der Waals surface area contributed by atoms with Crippen molar-refractivity contribution in [3.8, 4) is 0 Å². The van der Waals surface area contributed by atoms with Crippen molar-refractivity contribution in [3.05, 3.63) is 0 Å². The molecule has 5 nitrogen and oxygen atoms in total. The van der Waals surface area contributed by atoms with Crippen LogP contribution in [0.5, 0.6) is 0 Å². The Morgan fingerprint density at radius 2 is 1.74 bits per heavy atom. The van der Waals surface area contributed by atoms with Crippen molar-refractivity contribution in [2.24, 2.45) is 16.7 Å². The van der Waals surface area contributed by atoms with E-state index in [0.717, 1.165) is 45.8 Å². The third-order valence-electron chi connectivity index (χ3n) is 6.86. The Labute approximate surface area is 140 Å². The predicted octanol–water partition coefficient (Wildman–Crippen LogP) is 1.67. The molecular formula is C18H32N2O3. The largest absolute Gasteiger partial charge is 0.379 e. The van der Waals surface area contributed by atoms with Crippen molar-refractivity contribution in [3.63, 3.8) is 0 Å².